The van der Waals surface area contributed by atoms with E-state index in [1.807, 2.05) is 10.8 Å². The lowest BCUT2D eigenvalue weighted by Gasteiger charge is -2.08. The molecule has 2 aromatic carbocycles. The van der Waals surface area contributed by atoms with E-state index < -0.39 is 0 Å². The Kier molecular flexibility index (Phi) is 3.29. The number of fused-ring (bicyclic) bond motifs is 2. The van der Waals surface area contributed by atoms with E-state index in [-0.39, 0.29) is 0 Å². The Hall–Kier alpha value is -2.84. The standard InChI is InChI=1S/C16H14N4O2S2/c17-11-3-7(1-9-13(19)5-23-15(9)11)21-22-8-2-10-14(20)6-24-16(10)12(18)4-8/h1-6H,17-20H2. The van der Waals surface area contributed by atoms with Gasteiger partial charge in [-0.3, -0.25) is 9.78 Å². The molecular weight excluding hydrogens is 344 g/mol. The fraction of sp³-hybridized carbons (Fsp3) is 0. The maximum atomic E-state index is 6.03. The van der Waals surface area contributed by atoms with Crippen LogP contribution in [0.1, 0.15) is 0 Å². The Morgan fingerprint density at radius 3 is 1.42 bits per heavy atom. The average molecular weight is 358 g/mol. The molecule has 0 aliphatic heterocycles. The molecule has 0 atom stereocenters. The van der Waals surface area contributed by atoms with Gasteiger partial charge in [-0.2, -0.15) is 0 Å². The normalized spacial score (nSPS) is 11.2. The minimum absolute atomic E-state index is 0.460. The van der Waals surface area contributed by atoms with Crippen molar-refractivity contribution < 1.29 is 9.78 Å². The summed E-state index contributed by atoms with van der Waals surface area (Å²) in [5.74, 6) is 0.920. The Balaban J connectivity index is 1.65. The van der Waals surface area contributed by atoms with Gasteiger partial charge in [0.2, 0.25) is 0 Å². The van der Waals surface area contributed by atoms with Crippen LogP contribution in [0.3, 0.4) is 0 Å². The molecular formula is C16H14N4O2S2. The van der Waals surface area contributed by atoms with E-state index in [0.717, 1.165) is 20.2 Å². The van der Waals surface area contributed by atoms with Gasteiger partial charge in [-0.05, 0) is 12.1 Å². The summed E-state index contributed by atoms with van der Waals surface area (Å²) < 4.78 is 1.85. The molecule has 6 nitrogen and oxygen atoms in total. The van der Waals surface area contributed by atoms with Crippen LogP contribution in [0.5, 0.6) is 11.5 Å². The largest absolute Gasteiger partial charge is 0.398 e. The number of benzene rings is 2. The van der Waals surface area contributed by atoms with Crippen LogP contribution in [-0.2, 0) is 0 Å². The van der Waals surface area contributed by atoms with E-state index in [9.17, 15) is 0 Å². The van der Waals surface area contributed by atoms with Gasteiger partial charge in [0.25, 0.3) is 0 Å². The second-order valence-corrected chi connectivity index (χ2v) is 7.09. The van der Waals surface area contributed by atoms with E-state index >= 15 is 0 Å². The first kappa shape index (κ1) is 14.7. The molecule has 24 heavy (non-hydrogen) atoms. The van der Waals surface area contributed by atoms with Crippen molar-refractivity contribution in [2.24, 2.45) is 0 Å². The molecule has 0 saturated carbocycles. The summed E-state index contributed by atoms with van der Waals surface area (Å²) >= 11 is 2.99. The molecule has 122 valence electrons. The SMILES string of the molecule is Nc1csc2c(N)cc(OOc3cc(N)c4scc(N)c4c3)cc12. The van der Waals surface area contributed by atoms with Crippen molar-refractivity contribution in [2.75, 3.05) is 22.9 Å². The van der Waals surface area contributed by atoms with Gasteiger partial charge in [-0.15, -0.1) is 22.7 Å². The molecule has 2 heterocycles. The van der Waals surface area contributed by atoms with Crippen LogP contribution >= 0.6 is 22.7 Å². The second kappa shape index (κ2) is 5.36. The highest BCUT2D eigenvalue weighted by atomic mass is 32.1. The number of hydrogen-bond donors (Lipinski definition) is 4. The first-order chi connectivity index (χ1) is 11.5. The molecule has 0 unspecified atom stereocenters. The summed E-state index contributed by atoms with van der Waals surface area (Å²) in [6.45, 7) is 0. The Morgan fingerprint density at radius 1 is 0.583 bits per heavy atom. The zero-order valence-electron chi connectivity index (χ0n) is 12.4. The topological polar surface area (TPSA) is 123 Å². The van der Waals surface area contributed by atoms with Crippen LogP contribution in [0.15, 0.2) is 35.0 Å². The van der Waals surface area contributed by atoms with Crippen LogP contribution in [0.2, 0.25) is 0 Å². The van der Waals surface area contributed by atoms with Crippen molar-refractivity contribution in [3.63, 3.8) is 0 Å². The van der Waals surface area contributed by atoms with Crippen molar-refractivity contribution in [2.45, 2.75) is 0 Å². The minimum Gasteiger partial charge on any atom is -0.398 e. The quantitative estimate of drug-likeness (QED) is 0.251. The lowest BCUT2D eigenvalue weighted by molar-refractivity contribution is -0.0995. The molecule has 0 saturated heterocycles. The van der Waals surface area contributed by atoms with Gasteiger partial charge < -0.3 is 22.9 Å². The van der Waals surface area contributed by atoms with E-state index in [1.165, 1.54) is 22.7 Å². The fourth-order valence-electron chi connectivity index (χ4n) is 2.50. The van der Waals surface area contributed by atoms with Crippen LogP contribution in [0.25, 0.3) is 20.2 Å². The summed E-state index contributed by atoms with van der Waals surface area (Å²) in [5.41, 5.74) is 26.4. The number of rotatable bonds is 3. The third-order valence-corrected chi connectivity index (χ3v) is 5.77. The highest BCUT2D eigenvalue weighted by Crippen LogP contribution is 2.38. The van der Waals surface area contributed by atoms with Crippen molar-refractivity contribution in [3.05, 3.63) is 35.0 Å². The zero-order valence-corrected chi connectivity index (χ0v) is 14.0. The van der Waals surface area contributed by atoms with Gasteiger partial charge in [-0.1, -0.05) is 0 Å². The van der Waals surface area contributed by atoms with Crippen molar-refractivity contribution in [1.82, 2.24) is 0 Å². The second-order valence-electron chi connectivity index (χ2n) is 5.33. The van der Waals surface area contributed by atoms with Crippen LogP contribution in [0, 0.1) is 0 Å². The minimum atomic E-state index is 0.460. The number of nitrogen functional groups attached to an aromatic ring is 4. The molecule has 0 bridgehead atoms. The zero-order chi connectivity index (χ0) is 16.8. The van der Waals surface area contributed by atoms with E-state index in [1.54, 1.807) is 24.3 Å². The summed E-state index contributed by atoms with van der Waals surface area (Å²) in [4.78, 5) is 10.8. The van der Waals surface area contributed by atoms with E-state index in [0.29, 0.717) is 34.2 Å². The Labute approximate surface area is 145 Å². The summed E-state index contributed by atoms with van der Waals surface area (Å²) in [5, 5.41) is 5.38. The summed E-state index contributed by atoms with van der Waals surface area (Å²) in [6, 6.07) is 6.97. The van der Waals surface area contributed by atoms with Gasteiger partial charge in [0.05, 0.1) is 32.1 Å². The number of thiophene rings is 2. The summed E-state index contributed by atoms with van der Waals surface area (Å²) in [6.07, 6.45) is 0. The fourth-order valence-corrected chi connectivity index (χ4v) is 4.24. The predicted octanol–water partition coefficient (Wildman–Crippen LogP) is 3.82. The van der Waals surface area contributed by atoms with E-state index in [2.05, 4.69) is 0 Å². The molecule has 8 heteroatoms. The summed E-state index contributed by atoms with van der Waals surface area (Å²) in [7, 11) is 0. The van der Waals surface area contributed by atoms with E-state index in [4.69, 9.17) is 32.7 Å². The van der Waals surface area contributed by atoms with Gasteiger partial charge in [-0.25, -0.2) is 0 Å². The van der Waals surface area contributed by atoms with Gasteiger partial charge in [0, 0.05) is 33.7 Å². The van der Waals surface area contributed by atoms with Gasteiger partial charge >= 0.3 is 0 Å². The molecule has 0 fully saturated rings. The number of nitrogens with two attached hydrogens (primary N) is 4. The smallest absolute Gasteiger partial charge is 0.181 e. The van der Waals surface area contributed by atoms with Crippen LogP contribution in [-0.4, -0.2) is 0 Å². The third kappa shape index (κ3) is 2.32. The highest BCUT2D eigenvalue weighted by Gasteiger charge is 2.11. The van der Waals surface area contributed by atoms with Crippen LogP contribution < -0.4 is 32.7 Å². The maximum absolute atomic E-state index is 6.03. The van der Waals surface area contributed by atoms with Crippen molar-refractivity contribution in [1.29, 1.82) is 0 Å². The van der Waals surface area contributed by atoms with Crippen molar-refractivity contribution >= 4 is 65.6 Å². The number of hydrogen-bond acceptors (Lipinski definition) is 8. The molecule has 2 aromatic heterocycles. The predicted molar refractivity (Wildman–Crippen MR) is 103 cm³/mol. The molecule has 0 amide bonds. The first-order valence-corrected chi connectivity index (χ1v) is 8.76. The maximum Gasteiger partial charge on any atom is 0.181 e. The van der Waals surface area contributed by atoms with Crippen molar-refractivity contribution in [3.8, 4) is 11.5 Å². The molecule has 0 spiro atoms. The first-order valence-electron chi connectivity index (χ1n) is 7.00. The molecule has 0 aliphatic carbocycles. The Morgan fingerprint density at radius 2 is 1.00 bits per heavy atom. The lowest BCUT2D eigenvalue weighted by Crippen LogP contribution is -2.02. The molecule has 8 N–H and O–H groups in total. The third-order valence-electron chi connectivity index (χ3n) is 3.65. The van der Waals surface area contributed by atoms with Gasteiger partial charge in [0.1, 0.15) is 0 Å². The highest BCUT2D eigenvalue weighted by molar-refractivity contribution is 7.18. The molecule has 4 aromatic rings. The molecule has 0 aliphatic rings. The average Bonchev–Trinajstić information content (AvgIpc) is 3.10. The Bertz CT molecular complexity index is 985. The van der Waals surface area contributed by atoms with Gasteiger partial charge in [0.15, 0.2) is 11.5 Å². The van der Waals surface area contributed by atoms with Crippen LogP contribution in [0.4, 0.5) is 22.7 Å². The molecule has 4 rings (SSSR count). The number of anilines is 4. The monoisotopic (exact) mass is 358 g/mol. The molecule has 0 radical (unpaired) electrons. The lowest BCUT2D eigenvalue weighted by atomic mass is 10.2.